The standard InChI is InChI=1S/C33H52O8/c1-19-10-13-23(34)18-22(19)12-11-21-9-7-17-33(5)24(14-15-25(21)33)20(2)8-6-16-32(3,4)41-31-28(37)26(35)27(36)29(40-31)30(38)39/h11-12,20,23-29,31,34-37H,1,6-10,13-18H2,2-5H3,(H,38,39)/b21-11+,22-12-/t20-,23+,24?,25+,26?,27+,28?,29?,31+,33-/m1/s1. The first kappa shape index (κ1) is 32.4. The molecular weight excluding hydrogens is 524 g/mol. The molecule has 4 fully saturated rings. The summed E-state index contributed by atoms with van der Waals surface area (Å²) >= 11 is 0. The lowest BCUT2D eigenvalue weighted by Crippen LogP contribution is -2.61. The van der Waals surface area contributed by atoms with Crippen LogP contribution in [0.25, 0.3) is 0 Å². The van der Waals surface area contributed by atoms with E-state index in [1.54, 1.807) is 5.57 Å². The number of carboxylic acids is 1. The van der Waals surface area contributed by atoms with Crippen LogP contribution in [0.4, 0.5) is 0 Å². The third-order valence-electron chi connectivity index (χ3n) is 10.6. The Labute approximate surface area is 245 Å². The number of allylic oxidation sites excluding steroid dienone is 4. The maximum atomic E-state index is 11.4. The first-order valence-corrected chi connectivity index (χ1v) is 15.6. The lowest BCUT2D eigenvalue weighted by Gasteiger charge is -2.44. The number of ether oxygens (including phenoxy) is 2. The fourth-order valence-corrected chi connectivity index (χ4v) is 8.18. The highest BCUT2D eigenvalue weighted by Gasteiger charge is 2.51. The maximum absolute atomic E-state index is 11.4. The van der Waals surface area contributed by atoms with Crippen molar-refractivity contribution in [2.24, 2.45) is 23.2 Å². The number of aliphatic hydroxyl groups is 4. The molecule has 3 aliphatic carbocycles. The molecule has 5 N–H and O–H groups in total. The maximum Gasteiger partial charge on any atom is 0.335 e. The van der Waals surface area contributed by atoms with Crippen molar-refractivity contribution in [1.29, 1.82) is 0 Å². The Balaban J connectivity index is 1.33. The normalized spacial score (nSPS) is 41.0. The van der Waals surface area contributed by atoms with Crippen molar-refractivity contribution in [3.8, 4) is 0 Å². The van der Waals surface area contributed by atoms with Gasteiger partial charge in [-0.2, -0.15) is 0 Å². The van der Waals surface area contributed by atoms with E-state index in [4.69, 9.17) is 9.47 Å². The highest BCUT2D eigenvalue weighted by molar-refractivity contribution is 5.73. The predicted molar refractivity (Wildman–Crippen MR) is 156 cm³/mol. The van der Waals surface area contributed by atoms with Crippen LogP contribution in [0.3, 0.4) is 0 Å². The van der Waals surface area contributed by atoms with Gasteiger partial charge in [0.25, 0.3) is 0 Å². The first-order valence-electron chi connectivity index (χ1n) is 15.6. The molecule has 41 heavy (non-hydrogen) atoms. The van der Waals surface area contributed by atoms with E-state index in [1.807, 2.05) is 13.8 Å². The SMILES string of the molecule is C=C1CC[C@H](O)C/C1=C/C=C1\CCC[C@]2(C)C([C@H](C)CCCC(C)(C)O[C@@H]3OC(C(=O)O)[C@@H](O)C(O)C3O)CC[C@@H]12. The molecule has 1 heterocycles. The molecule has 0 amide bonds. The molecule has 0 bridgehead atoms. The van der Waals surface area contributed by atoms with Gasteiger partial charge in [0.1, 0.15) is 18.3 Å². The summed E-state index contributed by atoms with van der Waals surface area (Å²) in [5, 5.41) is 49.8. The summed E-state index contributed by atoms with van der Waals surface area (Å²) in [4.78, 5) is 11.4. The smallest absolute Gasteiger partial charge is 0.335 e. The molecule has 0 aromatic heterocycles. The highest BCUT2D eigenvalue weighted by atomic mass is 16.7. The minimum atomic E-state index is -1.73. The number of carbonyl (C=O) groups is 1. The third-order valence-corrected chi connectivity index (χ3v) is 10.6. The van der Waals surface area contributed by atoms with E-state index in [-0.39, 0.29) is 11.5 Å². The Hall–Kier alpha value is -1.55. The first-order chi connectivity index (χ1) is 19.2. The molecule has 0 radical (unpaired) electrons. The highest BCUT2D eigenvalue weighted by Crippen LogP contribution is 2.60. The Bertz CT molecular complexity index is 1020. The van der Waals surface area contributed by atoms with Gasteiger partial charge in [-0.15, -0.1) is 0 Å². The largest absolute Gasteiger partial charge is 0.479 e. The van der Waals surface area contributed by atoms with E-state index >= 15 is 0 Å². The molecule has 1 aliphatic heterocycles. The van der Waals surface area contributed by atoms with E-state index in [9.17, 15) is 30.3 Å². The molecule has 3 saturated carbocycles. The van der Waals surface area contributed by atoms with Gasteiger partial charge in [0.15, 0.2) is 12.4 Å². The third kappa shape index (κ3) is 7.16. The molecule has 0 aromatic carbocycles. The van der Waals surface area contributed by atoms with Crippen molar-refractivity contribution in [3.05, 3.63) is 35.5 Å². The number of aliphatic hydroxyl groups excluding tert-OH is 4. The fourth-order valence-electron chi connectivity index (χ4n) is 8.18. The van der Waals surface area contributed by atoms with Crippen LogP contribution in [0, 0.1) is 23.2 Å². The average molecular weight is 577 g/mol. The molecule has 0 aromatic rings. The number of hydrogen-bond acceptors (Lipinski definition) is 7. The zero-order chi connectivity index (χ0) is 30.1. The second-order valence-corrected chi connectivity index (χ2v) is 14.0. The van der Waals surface area contributed by atoms with Gasteiger partial charge in [-0.25, -0.2) is 4.79 Å². The molecule has 8 nitrogen and oxygen atoms in total. The van der Waals surface area contributed by atoms with Gasteiger partial charge in [0.2, 0.25) is 0 Å². The van der Waals surface area contributed by atoms with Crippen LogP contribution in [0.2, 0.25) is 0 Å². The van der Waals surface area contributed by atoms with Crippen LogP contribution in [-0.2, 0) is 14.3 Å². The summed E-state index contributed by atoms with van der Waals surface area (Å²) in [6, 6.07) is 0. The van der Waals surface area contributed by atoms with Gasteiger partial charge < -0.3 is 35.0 Å². The van der Waals surface area contributed by atoms with E-state index in [0.29, 0.717) is 30.6 Å². The van der Waals surface area contributed by atoms with E-state index in [2.05, 4.69) is 32.6 Å². The number of rotatable bonds is 9. The van der Waals surface area contributed by atoms with Crippen LogP contribution >= 0.6 is 0 Å². The fraction of sp³-hybridized carbons (Fsp3) is 0.788. The lowest BCUT2D eigenvalue weighted by atomic mass is 9.60. The summed E-state index contributed by atoms with van der Waals surface area (Å²) in [5.74, 6) is 0.353. The molecular formula is C33H52O8. The van der Waals surface area contributed by atoms with Crippen molar-refractivity contribution < 1.29 is 39.8 Å². The predicted octanol–water partition coefficient (Wildman–Crippen LogP) is 4.65. The van der Waals surface area contributed by atoms with Crippen LogP contribution in [0.15, 0.2) is 35.5 Å². The summed E-state index contributed by atoms with van der Waals surface area (Å²) in [6.07, 6.45) is 7.44. The number of hydrogen-bond donors (Lipinski definition) is 5. The molecule has 4 aliphatic rings. The zero-order valence-electron chi connectivity index (χ0n) is 25.3. The van der Waals surface area contributed by atoms with Gasteiger partial charge in [-0.05, 0) is 100 Å². The minimum absolute atomic E-state index is 0.254. The van der Waals surface area contributed by atoms with Crippen LogP contribution in [-0.4, -0.2) is 73.9 Å². The lowest BCUT2D eigenvalue weighted by molar-refractivity contribution is -0.317. The molecule has 8 heteroatoms. The van der Waals surface area contributed by atoms with Gasteiger partial charge in [0.05, 0.1) is 11.7 Å². The van der Waals surface area contributed by atoms with Crippen molar-refractivity contribution in [3.63, 3.8) is 0 Å². The van der Waals surface area contributed by atoms with Gasteiger partial charge in [-0.1, -0.05) is 56.6 Å². The van der Waals surface area contributed by atoms with Crippen molar-refractivity contribution in [2.75, 3.05) is 0 Å². The summed E-state index contributed by atoms with van der Waals surface area (Å²) in [7, 11) is 0. The average Bonchev–Trinajstić information content (AvgIpc) is 3.26. The second-order valence-electron chi connectivity index (χ2n) is 14.0. The van der Waals surface area contributed by atoms with E-state index in [1.165, 1.54) is 31.3 Å². The zero-order valence-corrected chi connectivity index (χ0v) is 25.3. The van der Waals surface area contributed by atoms with Crippen LogP contribution < -0.4 is 0 Å². The van der Waals surface area contributed by atoms with Gasteiger partial charge in [0, 0.05) is 0 Å². The Morgan fingerprint density at radius 3 is 2.56 bits per heavy atom. The summed E-state index contributed by atoms with van der Waals surface area (Å²) in [5.41, 5.74) is 3.48. The van der Waals surface area contributed by atoms with Crippen LogP contribution in [0.1, 0.15) is 98.3 Å². The van der Waals surface area contributed by atoms with Crippen molar-refractivity contribution in [2.45, 2.75) is 141 Å². The quantitative estimate of drug-likeness (QED) is 0.268. The van der Waals surface area contributed by atoms with Crippen molar-refractivity contribution in [1.82, 2.24) is 0 Å². The van der Waals surface area contributed by atoms with Gasteiger partial charge >= 0.3 is 5.97 Å². The summed E-state index contributed by atoms with van der Waals surface area (Å²) in [6.45, 7) is 12.8. The molecule has 4 unspecified atom stereocenters. The number of aliphatic carboxylic acids is 1. The van der Waals surface area contributed by atoms with E-state index < -0.39 is 42.3 Å². The molecule has 1 saturated heterocycles. The Morgan fingerprint density at radius 2 is 1.85 bits per heavy atom. The van der Waals surface area contributed by atoms with Crippen LogP contribution in [0.5, 0.6) is 0 Å². The Kier molecular flexibility index (Phi) is 10.2. The summed E-state index contributed by atoms with van der Waals surface area (Å²) < 4.78 is 11.3. The molecule has 232 valence electrons. The molecule has 10 atom stereocenters. The second kappa shape index (κ2) is 13.0. The Morgan fingerprint density at radius 1 is 1.12 bits per heavy atom. The monoisotopic (exact) mass is 576 g/mol. The molecule has 4 rings (SSSR count). The minimum Gasteiger partial charge on any atom is -0.479 e. The topological polar surface area (TPSA) is 137 Å². The number of fused-ring (bicyclic) bond motifs is 1. The number of carboxylic acid groups (broad SMARTS) is 1. The van der Waals surface area contributed by atoms with E-state index in [0.717, 1.165) is 37.7 Å². The van der Waals surface area contributed by atoms with Gasteiger partial charge in [-0.3, -0.25) is 0 Å². The molecule has 0 spiro atoms. The van der Waals surface area contributed by atoms with Crippen molar-refractivity contribution >= 4 is 5.97 Å².